The van der Waals surface area contributed by atoms with Crippen LogP contribution >= 0.6 is 0 Å². The standard InChI is InChI=1S/C74H92N2/c1-71(2,53-25-13-9-14-26-53)57-37-45-61(46-38-57)75(62-47-39-58(40-48-62)72(3,4)54-27-15-10-16-28-54)69-65-33-21-23-35-67(65)70(68-36-24-22-34-66(68)69)76(63-49-41-59(42-50-63)73(5,6)55-29-17-11-18-30-55)64-51-43-60(44-52-64)74(7,8)56-31-19-12-20-32-56/h21-24,33-56H,9-20,25-32H2,1-8H3. The van der Waals surface area contributed by atoms with Gasteiger partial charge in [0.05, 0.1) is 11.4 Å². The van der Waals surface area contributed by atoms with Gasteiger partial charge in [-0.1, -0.05) is 230 Å². The van der Waals surface area contributed by atoms with Gasteiger partial charge in [-0.05, 0) is 167 Å². The fourth-order valence-corrected chi connectivity index (χ4v) is 15.8. The van der Waals surface area contributed by atoms with Gasteiger partial charge < -0.3 is 9.80 Å². The average Bonchev–Trinajstić information content (AvgIpc) is 3.50. The van der Waals surface area contributed by atoms with Crippen molar-refractivity contribution in [2.45, 2.75) is 205 Å². The molecule has 4 aliphatic carbocycles. The normalized spacial score (nSPS) is 18.3. The molecule has 0 saturated heterocycles. The quantitative estimate of drug-likeness (QED) is 0.0791. The number of anilines is 6. The highest BCUT2D eigenvalue weighted by Crippen LogP contribution is 2.53. The SMILES string of the molecule is CC(C)(c1ccc(N(c2ccc(C(C)(C)C3CCCCC3)cc2)c2c3ccccc3c(N(c3ccc(C(C)(C)C4CCCCC4)cc3)c3ccc(C(C)(C)C4CCCCC4)cc3)c3ccccc23)cc1)C1CCCCC1. The van der Waals surface area contributed by atoms with Crippen molar-refractivity contribution in [2.24, 2.45) is 23.7 Å². The molecule has 4 fully saturated rings. The van der Waals surface area contributed by atoms with E-state index in [2.05, 4.69) is 211 Å². The van der Waals surface area contributed by atoms with Crippen LogP contribution in [0, 0.1) is 23.7 Å². The van der Waals surface area contributed by atoms with Gasteiger partial charge in [0.25, 0.3) is 0 Å². The lowest BCUT2D eigenvalue weighted by molar-refractivity contribution is 0.236. The summed E-state index contributed by atoms with van der Waals surface area (Å²) in [5.41, 5.74) is 13.6. The van der Waals surface area contributed by atoms with E-state index in [9.17, 15) is 0 Å². The third-order valence-electron chi connectivity index (χ3n) is 21.3. The molecule has 0 spiro atoms. The number of benzene rings is 7. The zero-order chi connectivity index (χ0) is 52.7. The second kappa shape index (κ2) is 21.8. The van der Waals surface area contributed by atoms with Crippen molar-refractivity contribution < 1.29 is 0 Å². The van der Waals surface area contributed by atoms with E-state index in [4.69, 9.17) is 0 Å². The van der Waals surface area contributed by atoms with Crippen LogP contribution in [0.1, 0.15) is 206 Å². The van der Waals surface area contributed by atoms with Gasteiger partial charge in [-0.3, -0.25) is 0 Å². The molecule has 76 heavy (non-hydrogen) atoms. The first-order chi connectivity index (χ1) is 36.7. The predicted molar refractivity (Wildman–Crippen MR) is 329 cm³/mol. The van der Waals surface area contributed by atoms with Crippen LogP contribution in [0.15, 0.2) is 146 Å². The Morgan fingerprint density at radius 2 is 0.434 bits per heavy atom. The van der Waals surface area contributed by atoms with E-state index in [0.29, 0.717) is 23.7 Å². The molecule has 2 nitrogen and oxygen atoms in total. The van der Waals surface area contributed by atoms with E-state index in [-0.39, 0.29) is 21.7 Å². The largest absolute Gasteiger partial charge is 0.309 e. The van der Waals surface area contributed by atoms with Crippen molar-refractivity contribution in [3.05, 3.63) is 168 Å². The molecule has 0 N–H and O–H groups in total. The monoisotopic (exact) mass is 1010 g/mol. The van der Waals surface area contributed by atoms with Crippen LogP contribution in [-0.4, -0.2) is 0 Å². The zero-order valence-corrected chi connectivity index (χ0v) is 48.2. The predicted octanol–water partition coefficient (Wildman–Crippen LogP) is 22.4. The lowest BCUT2D eigenvalue weighted by atomic mass is 9.67. The Balaban J connectivity index is 1.09. The smallest absolute Gasteiger partial charge is 0.0619 e. The fraction of sp³-hybridized carbons (Fsp3) is 0.486. The topological polar surface area (TPSA) is 6.48 Å². The molecule has 4 aliphatic rings. The van der Waals surface area contributed by atoms with Crippen molar-refractivity contribution in [3.8, 4) is 0 Å². The zero-order valence-electron chi connectivity index (χ0n) is 48.2. The molecule has 0 unspecified atom stereocenters. The second-order valence-electron chi connectivity index (χ2n) is 26.9. The summed E-state index contributed by atoms with van der Waals surface area (Å²) < 4.78 is 0. The summed E-state index contributed by atoms with van der Waals surface area (Å²) in [6.07, 6.45) is 27.0. The first kappa shape index (κ1) is 52.7. The molecule has 0 radical (unpaired) electrons. The Labute approximate surface area is 460 Å². The number of fused-ring (bicyclic) bond motifs is 2. The van der Waals surface area contributed by atoms with E-state index in [1.54, 1.807) is 0 Å². The maximum Gasteiger partial charge on any atom is 0.0619 e. The highest BCUT2D eigenvalue weighted by atomic mass is 15.2. The minimum absolute atomic E-state index is 0.119. The van der Waals surface area contributed by atoms with Crippen molar-refractivity contribution in [3.63, 3.8) is 0 Å². The Bertz CT molecular complexity index is 2620. The molecule has 11 rings (SSSR count). The molecule has 0 atom stereocenters. The minimum atomic E-state index is 0.119. The van der Waals surface area contributed by atoms with Gasteiger partial charge in [0, 0.05) is 44.3 Å². The van der Waals surface area contributed by atoms with Crippen LogP contribution < -0.4 is 9.80 Å². The van der Waals surface area contributed by atoms with Crippen molar-refractivity contribution in [1.82, 2.24) is 0 Å². The van der Waals surface area contributed by atoms with Crippen LogP contribution in [0.4, 0.5) is 34.1 Å². The number of hydrogen-bond acceptors (Lipinski definition) is 2. The summed E-state index contributed by atoms with van der Waals surface area (Å²) >= 11 is 0. The third kappa shape index (κ3) is 10.1. The second-order valence-corrected chi connectivity index (χ2v) is 26.9. The van der Waals surface area contributed by atoms with Gasteiger partial charge in [0.2, 0.25) is 0 Å². The van der Waals surface area contributed by atoms with Crippen LogP contribution in [0.25, 0.3) is 21.5 Å². The Morgan fingerprint density at radius 3 is 0.618 bits per heavy atom. The first-order valence-electron chi connectivity index (χ1n) is 30.7. The Hall–Kier alpha value is -5.34. The molecule has 4 saturated carbocycles. The number of nitrogens with zero attached hydrogens (tertiary/aromatic N) is 2. The average molecular weight is 1010 g/mol. The van der Waals surface area contributed by atoms with Gasteiger partial charge >= 0.3 is 0 Å². The summed E-state index contributed by atoms with van der Waals surface area (Å²) in [5, 5.41) is 5.02. The lowest BCUT2D eigenvalue weighted by Gasteiger charge is -2.39. The van der Waals surface area contributed by atoms with Crippen molar-refractivity contribution in [1.29, 1.82) is 0 Å². The van der Waals surface area contributed by atoms with Gasteiger partial charge in [-0.15, -0.1) is 0 Å². The molecule has 7 aromatic carbocycles. The molecule has 398 valence electrons. The van der Waals surface area contributed by atoms with E-state index in [1.807, 2.05) is 0 Å². The molecule has 7 aromatic rings. The van der Waals surface area contributed by atoms with Gasteiger partial charge in [-0.25, -0.2) is 0 Å². The molecular formula is C74H92N2. The van der Waals surface area contributed by atoms with E-state index in [0.717, 1.165) is 0 Å². The number of hydrogen-bond donors (Lipinski definition) is 0. The molecule has 0 bridgehead atoms. The molecule has 0 heterocycles. The van der Waals surface area contributed by atoms with E-state index >= 15 is 0 Å². The maximum atomic E-state index is 2.61. The fourth-order valence-electron chi connectivity index (χ4n) is 15.8. The van der Waals surface area contributed by atoms with Gasteiger partial charge in [-0.2, -0.15) is 0 Å². The van der Waals surface area contributed by atoms with Crippen LogP contribution in [0.2, 0.25) is 0 Å². The third-order valence-corrected chi connectivity index (χ3v) is 21.3. The molecule has 2 heteroatoms. The molecular weight excluding hydrogens is 917 g/mol. The minimum Gasteiger partial charge on any atom is -0.309 e. The molecule has 0 amide bonds. The summed E-state index contributed by atoms with van der Waals surface area (Å²) in [4.78, 5) is 5.22. The Morgan fingerprint density at radius 1 is 0.250 bits per heavy atom. The van der Waals surface area contributed by atoms with E-state index < -0.39 is 0 Å². The van der Waals surface area contributed by atoms with Gasteiger partial charge in [0.1, 0.15) is 0 Å². The molecule has 0 aromatic heterocycles. The summed E-state index contributed by atoms with van der Waals surface area (Å²) in [7, 11) is 0. The summed E-state index contributed by atoms with van der Waals surface area (Å²) in [5.74, 6) is 2.85. The summed E-state index contributed by atoms with van der Waals surface area (Å²) in [6.45, 7) is 20.0. The van der Waals surface area contributed by atoms with Crippen LogP contribution in [0.3, 0.4) is 0 Å². The van der Waals surface area contributed by atoms with E-state index in [1.165, 1.54) is 206 Å². The highest BCUT2D eigenvalue weighted by Gasteiger charge is 2.37. The first-order valence-corrected chi connectivity index (χ1v) is 30.7. The highest BCUT2D eigenvalue weighted by molar-refractivity contribution is 6.23. The molecule has 0 aliphatic heterocycles. The van der Waals surface area contributed by atoms with Gasteiger partial charge in [0.15, 0.2) is 0 Å². The Kier molecular flexibility index (Phi) is 15.1. The van der Waals surface area contributed by atoms with Crippen molar-refractivity contribution >= 4 is 55.7 Å². The lowest BCUT2D eigenvalue weighted by Crippen LogP contribution is -2.30. The number of rotatable bonds is 14. The van der Waals surface area contributed by atoms with Crippen molar-refractivity contribution in [2.75, 3.05) is 9.80 Å². The van der Waals surface area contributed by atoms with Crippen LogP contribution in [-0.2, 0) is 21.7 Å². The maximum absolute atomic E-state index is 2.61. The van der Waals surface area contributed by atoms with Crippen LogP contribution in [0.5, 0.6) is 0 Å². The summed E-state index contributed by atoms with van der Waals surface area (Å²) in [6, 6.07) is 57.9.